The van der Waals surface area contributed by atoms with E-state index in [9.17, 15) is 4.79 Å². The SMILES string of the molecule is CCCC(C)(P)C(=O)OC(C)(C)C1CCCCC1. The van der Waals surface area contributed by atoms with Crippen LogP contribution in [0.15, 0.2) is 0 Å². The molecule has 0 aliphatic heterocycles. The van der Waals surface area contributed by atoms with E-state index in [0.717, 1.165) is 12.8 Å². The first kappa shape index (κ1) is 16.0. The zero-order valence-electron chi connectivity index (χ0n) is 12.4. The second-order valence-electron chi connectivity index (χ2n) is 6.50. The molecule has 0 aromatic carbocycles. The molecule has 2 nitrogen and oxygen atoms in total. The van der Waals surface area contributed by atoms with E-state index in [4.69, 9.17) is 4.74 Å². The molecule has 106 valence electrons. The first-order valence-corrected chi connectivity index (χ1v) is 7.89. The van der Waals surface area contributed by atoms with Crippen molar-refractivity contribution >= 4 is 15.2 Å². The molecule has 0 spiro atoms. The smallest absolute Gasteiger partial charge is 0.316 e. The molecule has 18 heavy (non-hydrogen) atoms. The van der Waals surface area contributed by atoms with Crippen molar-refractivity contribution in [2.75, 3.05) is 0 Å². The standard InChI is InChI=1S/C15H29O2P/c1-5-11-15(4,18)13(16)17-14(2,3)12-9-7-6-8-10-12/h12H,5-11,18H2,1-4H3. The molecule has 0 aromatic rings. The summed E-state index contributed by atoms with van der Waals surface area (Å²) in [6.07, 6.45) is 8.13. The number of rotatable bonds is 5. The summed E-state index contributed by atoms with van der Waals surface area (Å²) >= 11 is 0. The van der Waals surface area contributed by atoms with Gasteiger partial charge in [-0.15, -0.1) is 9.24 Å². The molecule has 1 aliphatic carbocycles. The number of carbonyl (C=O) groups is 1. The summed E-state index contributed by atoms with van der Waals surface area (Å²) in [5.74, 6) is 0.461. The molecular formula is C15H29O2P. The Morgan fingerprint density at radius 1 is 1.22 bits per heavy atom. The monoisotopic (exact) mass is 272 g/mol. The Labute approximate surface area is 114 Å². The molecule has 0 bridgehead atoms. The average Bonchev–Trinajstić information content (AvgIpc) is 2.29. The maximum Gasteiger partial charge on any atom is 0.316 e. The highest BCUT2D eigenvalue weighted by Crippen LogP contribution is 2.37. The lowest BCUT2D eigenvalue weighted by Gasteiger charge is -2.38. The third-order valence-corrected chi connectivity index (χ3v) is 4.70. The maximum absolute atomic E-state index is 12.3. The summed E-state index contributed by atoms with van der Waals surface area (Å²) in [7, 11) is 2.67. The zero-order chi connectivity index (χ0) is 13.8. The Kier molecular flexibility index (Phi) is 5.65. The normalized spacial score (nSPS) is 21.4. The van der Waals surface area contributed by atoms with E-state index >= 15 is 0 Å². The second kappa shape index (κ2) is 6.37. The molecule has 0 heterocycles. The number of carbonyl (C=O) groups excluding carboxylic acids is 1. The van der Waals surface area contributed by atoms with Gasteiger partial charge in [0.25, 0.3) is 0 Å². The van der Waals surface area contributed by atoms with Gasteiger partial charge in [-0.05, 0) is 46.0 Å². The van der Waals surface area contributed by atoms with Gasteiger partial charge in [0.2, 0.25) is 0 Å². The van der Waals surface area contributed by atoms with Crippen LogP contribution in [0.4, 0.5) is 0 Å². The minimum atomic E-state index is -0.430. The first-order chi connectivity index (χ1) is 8.29. The molecule has 1 rings (SSSR count). The fourth-order valence-electron chi connectivity index (χ4n) is 2.86. The van der Waals surface area contributed by atoms with Crippen LogP contribution in [-0.2, 0) is 9.53 Å². The van der Waals surface area contributed by atoms with Crippen molar-refractivity contribution in [3.63, 3.8) is 0 Å². The van der Waals surface area contributed by atoms with Crippen LogP contribution in [0.5, 0.6) is 0 Å². The summed E-state index contributed by atoms with van der Waals surface area (Å²) in [5, 5.41) is -0.430. The van der Waals surface area contributed by atoms with E-state index in [1.54, 1.807) is 0 Å². The van der Waals surface area contributed by atoms with Gasteiger partial charge in [0.05, 0.1) is 5.16 Å². The highest BCUT2D eigenvalue weighted by Gasteiger charge is 2.38. The molecule has 0 amide bonds. The van der Waals surface area contributed by atoms with Gasteiger partial charge >= 0.3 is 5.97 Å². The summed E-state index contributed by atoms with van der Waals surface area (Å²) in [4.78, 5) is 12.3. The zero-order valence-corrected chi connectivity index (χ0v) is 13.6. The predicted molar refractivity (Wildman–Crippen MR) is 79.8 cm³/mol. The molecule has 0 aromatic heterocycles. The molecule has 1 fully saturated rings. The van der Waals surface area contributed by atoms with E-state index in [1.807, 2.05) is 6.92 Å². The van der Waals surface area contributed by atoms with Crippen LogP contribution in [-0.4, -0.2) is 16.7 Å². The molecule has 3 heteroatoms. The third kappa shape index (κ3) is 4.23. The molecule has 1 saturated carbocycles. The van der Waals surface area contributed by atoms with Gasteiger partial charge in [0.1, 0.15) is 5.60 Å². The Bertz CT molecular complexity index is 278. The van der Waals surface area contributed by atoms with Gasteiger partial charge in [0.15, 0.2) is 0 Å². The van der Waals surface area contributed by atoms with Crippen molar-refractivity contribution in [1.29, 1.82) is 0 Å². The first-order valence-electron chi connectivity index (χ1n) is 7.32. The number of hydrogen-bond acceptors (Lipinski definition) is 2. The molecule has 0 N–H and O–H groups in total. The van der Waals surface area contributed by atoms with E-state index in [2.05, 4.69) is 30.0 Å². The fourth-order valence-corrected chi connectivity index (χ4v) is 3.21. The number of esters is 1. The highest BCUT2D eigenvalue weighted by molar-refractivity contribution is 7.20. The molecule has 1 aliphatic rings. The highest BCUT2D eigenvalue weighted by atomic mass is 31.0. The van der Waals surface area contributed by atoms with Gasteiger partial charge < -0.3 is 4.74 Å². The lowest BCUT2D eigenvalue weighted by atomic mass is 9.78. The van der Waals surface area contributed by atoms with Crippen LogP contribution in [0, 0.1) is 5.92 Å². The van der Waals surface area contributed by atoms with E-state index < -0.39 is 5.16 Å². The van der Waals surface area contributed by atoms with Gasteiger partial charge in [-0.25, -0.2) is 0 Å². The maximum atomic E-state index is 12.3. The number of hydrogen-bond donors (Lipinski definition) is 0. The predicted octanol–water partition coefficient (Wildman–Crippen LogP) is 4.32. The second-order valence-corrected chi connectivity index (χ2v) is 7.77. The van der Waals surface area contributed by atoms with Crippen molar-refractivity contribution in [3.8, 4) is 0 Å². The van der Waals surface area contributed by atoms with Crippen LogP contribution in [0.25, 0.3) is 0 Å². The third-order valence-electron chi connectivity index (χ3n) is 4.18. The Morgan fingerprint density at radius 2 is 1.78 bits per heavy atom. The summed E-state index contributed by atoms with van der Waals surface area (Å²) < 4.78 is 5.83. The van der Waals surface area contributed by atoms with Gasteiger partial charge in [-0.1, -0.05) is 32.6 Å². The van der Waals surface area contributed by atoms with Gasteiger partial charge in [-0.2, -0.15) is 0 Å². The van der Waals surface area contributed by atoms with Crippen molar-refractivity contribution in [2.24, 2.45) is 5.92 Å². The Hall–Kier alpha value is -0.100. The van der Waals surface area contributed by atoms with Crippen LogP contribution in [0.1, 0.15) is 72.6 Å². The minimum Gasteiger partial charge on any atom is -0.459 e. The van der Waals surface area contributed by atoms with Crippen molar-refractivity contribution in [1.82, 2.24) is 0 Å². The molecule has 2 atom stereocenters. The lowest BCUT2D eigenvalue weighted by Crippen LogP contribution is -2.43. The Balaban J connectivity index is 2.61. The van der Waals surface area contributed by atoms with Crippen LogP contribution >= 0.6 is 9.24 Å². The molecular weight excluding hydrogens is 243 g/mol. The van der Waals surface area contributed by atoms with E-state index in [1.165, 1.54) is 32.1 Å². The fraction of sp³-hybridized carbons (Fsp3) is 0.933. The topological polar surface area (TPSA) is 26.3 Å². The molecule has 2 unspecified atom stereocenters. The van der Waals surface area contributed by atoms with Crippen molar-refractivity contribution in [3.05, 3.63) is 0 Å². The number of ether oxygens (including phenoxy) is 1. The minimum absolute atomic E-state index is 0.0649. The van der Waals surface area contributed by atoms with E-state index in [-0.39, 0.29) is 11.6 Å². The van der Waals surface area contributed by atoms with Crippen molar-refractivity contribution in [2.45, 2.75) is 83.4 Å². The lowest BCUT2D eigenvalue weighted by molar-refractivity contribution is -0.166. The Morgan fingerprint density at radius 3 is 2.28 bits per heavy atom. The van der Waals surface area contributed by atoms with Gasteiger partial charge in [-0.3, -0.25) is 4.79 Å². The summed E-state index contributed by atoms with van der Waals surface area (Å²) in [6, 6.07) is 0. The van der Waals surface area contributed by atoms with Crippen LogP contribution in [0.3, 0.4) is 0 Å². The van der Waals surface area contributed by atoms with Crippen molar-refractivity contribution < 1.29 is 9.53 Å². The average molecular weight is 272 g/mol. The summed E-state index contributed by atoms with van der Waals surface area (Å²) in [5.41, 5.74) is -0.316. The molecule has 0 radical (unpaired) electrons. The van der Waals surface area contributed by atoms with Crippen LogP contribution < -0.4 is 0 Å². The van der Waals surface area contributed by atoms with E-state index in [0.29, 0.717) is 5.92 Å². The largest absolute Gasteiger partial charge is 0.459 e. The molecule has 0 saturated heterocycles. The van der Waals surface area contributed by atoms with Crippen LogP contribution in [0.2, 0.25) is 0 Å². The van der Waals surface area contributed by atoms with Gasteiger partial charge in [0, 0.05) is 0 Å². The quantitative estimate of drug-likeness (QED) is 0.550. The summed E-state index contributed by atoms with van der Waals surface area (Å²) in [6.45, 7) is 8.21.